The second-order valence-electron chi connectivity index (χ2n) is 7.78. The third-order valence-electron chi connectivity index (χ3n) is 5.15. The molecule has 0 aliphatic rings. The predicted octanol–water partition coefficient (Wildman–Crippen LogP) is 5.18. The lowest BCUT2D eigenvalue weighted by Gasteiger charge is -2.32. The van der Waals surface area contributed by atoms with E-state index in [1.807, 2.05) is 0 Å². The Bertz CT molecular complexity index is 830. The fourth-order valence-corrected chi connectivity index (χ4v) is 9.47. The Kier molecular flexibility index (Phi) is 7.10. The molecule has 3 aromatic carbocycles. The number of benzene rings is 3. The van der Waals surface area contributed by atoms with Gasteiger partial charge < -0.3 is 14.2 Å². The van der Waals surface area contributed by atoms with E-state index in [-0.39, 0.29) is 4.32 Å². The Balaban J connectivity index is 2.30. The first-order chi connectivity index (χ1) is 14.3. The zero-order valence-corrected chi connectivity index (χ0v) is 20.7. The van der Waals surface area contributed by atoms with Crippen molar-refractivity contribution in [2.24, 2.45) is 0 Å². The van der Waals surface area contributed by atoms with E-state index in [1.165, 1.54) is 15.9 Å². The molecule has 3 rings (SSSR count). The largest absolute Gasteiger partial charge is 0.497 e. The summed E-state index contributed by atoms with van der Waals surface area (Å²) in [6.07, 6.45) is 0.963. The van der Waals surface area contributed by atoms with E-state index in [9.17, 15) is 0 Å². The van der Waals surface area contributed by atoms with E-state index in [0.717, 1.165) is 23.4 Å². The van der Waals surface area contributed by atoms with E-state index in [0.29, 0.717) is 0 Å². The minimum atomic E-state index is -1.98. The van der Waals surface area contributed by atoms with Gasteiger partial charge in [0, 0.05) is 0 Å². The first-order valence-corrected chi connectivity index (χ1v) is 12.6. The van der Waals surface area contributed by atoms with Crippen LogP contribution in [0.2, 0.25) is 0 Å². The van der Waals surface area contributed by atoms with Crippen LogP contribution in [0.1, 0.15) is 13.8 Å². The Morgan fingerprint density at radius 1 is 0.600 bits per heavy atom. The maximum atomic E-state index is 5.42. The summed E-state index contributed by atoms with van der Waals surface area (Å²) in [5, 5.41) is 3.93. The molecule has 0 atom stereocenters. The monoisotopic (exact) mass is 487 g/mol. The molecule has 0 N–H and O–H groups in total. The molecule has 0 unspecified atom stereocenters. The molecule has 0 aliphatic heterocycles. The van der Waals surface area contributed by atoms with Crippen molar-refractivity contribution in [1.82, 2.24) is 0 Å². The highest BCUT2D eigenvalue weighted by Gasteiger charge is 2.48. The van der Waals surface area contributed by atoms with E-state index in [1.54, 1.807) is 21.3 Å². The van der Waals surface area contributed by atoms with Crippen molar-refractivity contribution >= 4 is 39.1 Å². The second-order valence-corrected chi connectivity index (χ2v) is 13.4. The van der Waals surface area contributed by atoms with Crippen molar-refractivity contribution in [3.8, 4) is 17.2 Å². The van der Waals surface area contributed by atoms with Crippen LogP contribution < -0.4 is 30.1 Å². The molecular weight excluding hydrogens is 459 g/mol. The van der Waals surface area contributed by atoms with Crippen LogP contribution in [0.3, 0.4) is 0 Å². The lowest BCUT2D eigenvalue weighted by Crippen LogP contribution is -2.38. The highest BCUT2D eigenvalue weighted by atomic mass is 79.9. The van der Waals surface area contributed by atoms with Crippen LogP contribution in [0.5, 0.6) is 17.2 Å². The molecule has 0 saturated carbocycles. The Morgan fingerprint density at radius 2 is 0.867 bits per heavy atom. The van der Waals surface area contributed by atoms with Gasteiger partial charge in [-0.15, -0.1) is 0 Å². The molecule has 3 nitrogen and oxygen atoms in total. The summed E-state index contributed by atoms with van der Waals surface area (Å²) >= 11 is 3.94. The molecule has 0 fully saturated rings. The number of halogens is 1. The summed E-state index contributed by atoms with van der Waals surface area (Å²) in [7, 11) is 3.12. The Morgan fingerprint density at radius 3 is 1.07 bits per heavy atom. The highest BCUT2D eigenvalue weighted by Crippen LogP contribution is 2.58. The summed E-state index contributed by atoms with van der Waals surface area (Å²) < 4.78 is 16.2. The third kappa shape index (κ3) is 4.82. The molecule has 0 amide bonds. The number of alkyl halides is 1. The molecule has 0 spiro atoms. The molecular formula is C25H29BrO3P+. The van der Waals surface area contributed by atoms with Gasteiger partial charge in [0.05, 0.1) is 31.8 Å². The highest BCUT2D eigenvalue weighted by molar-refractivity contribution is 9.10. The quantitative estimate of drug-likeness (QED) is 0.323. The van der Waals surface area contributed by atoms with Crippen molar-refractivity contribution in [2.45, 2.75) is 18.2 Å². The van der Waals surface area contributed by atoms with Crippen LogP contribution in [0.4, 0.5) is 0 Å². The molecule has 3 aromatic rings. The minimum absolute atomic E-state index is 0.0550. The molecule has 5 heteroatoms. The summed E-state index contributed by atoms with van der Waals surface area (Å²) in [6, 6.07) is 25.6. The van der Waals surface area contributed by atoms with Gasteiger partial charge in [0.15, 0.2) is 0 Å². The van der Waals surface area contributed by atoms with Crippen LogP contribution in [-0.4, -0.2) is 31.8 Å². The standard InChI is InChI=1S/C25H29BrO3P/c1-25(2,26)18-30(22-12-6-19(27-3)7-13-22,23-14-8-20(28-4)9-15-23)24-16-10-21(29-5)11-17-24/h6-17H,18H2,1-5H3/q+1. The molecule has 0 aliphatic carbocycles. The zero-order valence-electron chi connectivity index (χ0n) is 18.2. The van der Waals surface area contributed by atoms with Crippen LogP contribution in [-0.2, 0) is 0 Å². The number of rotatable bonds is 8. The molecule has 0 radical (unpaired) electrons. The van der Waals surface area contributed by atoms with Gasteiger partial charge in [0.1, 0.15) is 40.4 Å². The summed E-state index contributed by atoms with van der Waals surface area (Å²) in [5.74, 6) is 2.58. The van der Waals surface area contributed by atoms with Crippen molar-refractivity contribution in [3.05, 3.63) is 72.8 Å². The second kappa shape index (κ2) is 9.41. The van der Waals surface area contributed by atoms with Gasteiger partial charge >= 0.3 is 0 Å². The first kappa shape index (κ1) is 22.7. The first-order valence-electron chi connectivity index (χ1n) is 9.83. The molecule has 30 heavy (non-hydrogen) atoms. The van der Waals surface area contributed by atoms with Gasteiger partial charge in [-0.3, -0.25) is 0 Å². The SMILES string of the molecule is COc1ccc([P+](CC(C)(C)Br)(c2ccc(OC)cc2)c2ccc(OC)cc2)cc1. The fourth-order valence-electron chi connectivity index (χ4n) is 3.80. The molecule has 0 bridgehead atoms. The lowest BCUT2D eigenvalue weighted by atomic mass is 10.3. The van der Waals surface area contributed by atoms with Gasteiger partial charge in [0.2, 0.25) is 0 Å². The summed E-state index contributed by atoms with van der Waals surface area (Å²) in [6.45, 7) is 4.47. The van der Waals surface area contributed by atoms with Gasteiger partial charge in [-0.2, -0.15) is 0 Å². The lowest BCUT2D eigenvalue weighted by molar-refractivity contribution is 0.415. The molecule has 158 valence electrons. The van der Waals surface area contributed by atoms with Crippen LogP contribution in [0.15, 0.2) is 72.8 Å². The van der Waals surface area contributed by atoms with Gasteiger partial charge in [-0.1, -0.05) is 15.9 Å². The predicted molar refractivity (Wildman–Crippen MR) is 133 cm³/mol. The van der Waals surface area contributed by atoms with Crippen molar-refractivity contribution < 1.29 is 14.2 Å². The fraction of sp³-hybridized carbons (Fsp3) is 0.280. The van der Waals surface area contributed by atoms with Crippen molar-refractivity contribution in [1.29, 1.82) is 0 Å². The third-order valence-corrected chi connectivity index (χ3v) is 10.7. The van der Waals surface area contributed by atoms with Gasteiger partial charge in [-0.25, -0.2) is 0 Å². The van der Waals surface area contributed by atoms with Crippen molar-refractivity contribution in [3.63, 3.8) is 0 Å². The van der Waals surface area contributed by atoms with Gasteiger partial charge in [-0.05, 0) is 86.6 Å². The molecule has 0 heterocycles. The number of hydrogen-bond acceptors (Lipinski definition) is 3. The van der Waals surface area contributed by atoms with E-state index < -0.39 is 7.26 Å². The minimum Gasteiger partial charge on any atom is -0.497 e. The summed E-state index contributed by atoms with van der Waals surface area (Å²) in [4.78, 5) is 0. The summed E-state index contributed by atoms with van der Waals surface area (Å²) in [5.41, 5.74) is 0. The van der Waals surface area contributed by atoms with E-state index in [2.05, 4.69) is 103 Å². The molecule has 0 aromatic heterocycles. The maximum absolute atomic E-state index is 5.42. The van der Waals surface area contributed by atoms with Crippen molar-refractivity contribution in [2.75, 3.05) is 27.5 Å². The number of methoxy groups -OCH3 is 3. The Labute approximate surface area is 188 Å². The maximum Gasteiger partial charge on any atom is 0.119 e. The number of hydrogen-bond donors (Lipinski definition) is 0. The average Bonchev–Trinajstić information content (AvgIpc) is 2.77. The number of ether oxygens (including phenoxy) is 3. The van der Waals surface area contributed by atoms with E-state index in [4.69, 9.17) is 14.2 Å². The topological polar surface area (TPSA) is 27.7 Å². The van der Waals surface area contributed by atoms with Crippen LogP contribution in [0.25, 0.3) is 0 Å². The smallest absolute Gasteiger partial charge is 0.119 e. The van der Waals surface area contributed by atoms with E-state index >= 15 is 0 Å². The zero-order chi connectivity index (χ0) is 21.8. The van der Waals surface area contributed by atoms with Crippen LogP contribution >= 0.6 is 23.2 Å². The normalized spacial score (nSPS) is 11.8. The Hall–Kier alpha value is -2.03. The average molecular weight is 488 g/mol. The molecule has 0 saturated heterocycles. The van der Waals surface area contributed by atoms with Crippen LogP contribution in [0, 0.1) is 0 Å². The van der Waals surface area contributed by atoms with Gasteiger partial charge in [0.25, 0.3) is 0 Å².